The first-order valence-electron chi connectivity index (χ1n) is 8.09. The van der Waals surface area contributed by atoms with Crippen LogP contribution in [0.3, 0.4) is 0 Å². The minimum Gasteiger partial charge on any atom is -0.484 e. The zero-order chi connectivity index (χ0) is 17.5. The second-order valence-corrected chi connectivity index (χ2v) is 5.81. The molecule has 0 aliphatic heterocycles. The first-order chi connectivity index (χ1) is 11.5. The lowest BCUT2D eigenvalue weighted by Crippen LogP contribution is -2.32. The van der Waals surface area contributed by atoms with Gasteiger partial charge in [0.15, 0.2) is 12.4 Å². The van der Waals surface area contributed by atoms with Crippen LogP contribution in [0, 0.1) is 6.92 Å². The molecule has 0 aromatic heterocycles. The fraction of sp³-hybridized carbons (Fsp3) is 0.300. The maximum absolute atomic E-state index is 12.1. The quantitative estimate of drug-likeness (QED) is 0.787. The van der Waals surface area contributed by atoms with Gasteiger partial charge < -0.3 is 10.1 Å². The minimum atomic E-state index is -0.185. The third-order valence-electron chi connectivity index (χ3n) is 3.83. The molecule has 1 amide bonds. The molecular formula is C20H23NO3. The van der Waals surface area contributed by atoms with E-state index in [1.807, 2.05) is 38.1 Å². The van der Waals surface area contributed by atoms with Crippen molar-refractivity contribution in [2.24, 2.45) is 0 Å². The molecule has 2 aromatic rings. The van der Waals surface area contributed by atoms with Gasteiger partial charge in [-0.25, -0.2) is 0 Å². The first kappa shape index (κ1) is 17.7. The molecule has 0 aliphatic carbocycles. The third kappa shape index (κ3) is 4.95. The molecule has 126 valence electrons. The zero-order valence-corrected chi connectivity index (χ0v) is 14.3. The van der Waals surface area contributed by atoms with Gasteiger partial charge in [0.2, 0.25) is 0 Å². The zero-order valence-electron chi connectivity index (χ0n) is 14.3. The van der Waals surface area contributed by atoms with E-state index in [4.69, 9.17) is 4.74 Å². The highest BCUT2D eigenvalue weighted by Gasteiger charge is 2.13. The molecule has 1 unspecified atom stereocenters. The smallest absolute Gasteiger partial charge is 0.258 e. The molecule has 0 aliphatic rings. The highest BCUT2D eigenvalue weighted by molar-refractivity contribution is 5.94. The van der Waals surface area contributed by atoms with Gasteiger partial charge in [-0.15, -0.1) is 0 Å². The molecular weight excluding hydrogens is 302 g/mol. The number of aryl methyl sites for hydroxylation is 1. The first-order valence-corrected chi connectivity index (χ1v) is 8.09. The van der Waals surface area contributed by atoms with Gasteiger partial charge in [0.05, 0.1) is 6.04 Å². The van der Waals surface area contributed by atoms with Crippen molar-refractivity contribution >= 4 is 11.7 Å². The number of hydrogen-bond donors (Lipinski definition) is 1. The molecule has 0 spiro atoms. The van der Waals surface area contributed by atoms with E-state index >= 15 is 0 Å². The Labute approximate surface area is 142 Å². The number of ether oxygens (including phenoxy) is 1. The molecule has 0 heterocycles. The minimum absolute atomic E-state index is 0.0321. The van der Waals surface area contributed by atoms with Crippen LogP contribution in [-0.2, 0) is 4.79 Å². The van der Waals surface area contributed by atoms with Gasteiger partial charge >= 0.3 is 0 Å². The van der Waals surface area contributed by atoms with Gasteiger partial charge in [-0.3, -0.25) is 9.59 Å². The van der Waals surface area contributed by atoms with Gasteiger partial charge in [-0.1, -0.05) is 48.9 Å². The van der Waals surface area contributed by atoms with E-state index in [1.54, 1.807) is 24.3 Å². The van der Waals surface area contributed by atoms with E-state index in [9.17, 15) is 9.59 Å². The van der Waals surface area contributed by atoms with Crippen molar-refractivity contribution in [2.75, 3.05) is 6.61 Å². The summed E-state index contributed by atoms with van der Waals surface area (Å²) in [5.41, 5.74) is 2.84. The summed E-state index contributed by atoms with van der Waals surface area (Å²) in [4.78, 5) is 23.5. The highest BCUT2D eigenvalue weighted by Crippen LogP contribution is 2.17. The van der Waals surface area contributed by atoms with Crippen LogP contribution in [0.1, 0.15) is 47.8 Å². The summed E-state index contributed by atoms with van der Waals surface area (Å²) in [6.45, 7) is 5.48. The van der Waals surface area contributed by atoms with Crippen LogP contribution in [0.2, 0.25) is 0 Å². The SMILES string of the molecule is CCC(NC(=O)COc1cccc(C(C)=O)c1)c1ccc(C)cc1. The Morgan fingerprint density at radius 2 is 1.83 bits per heavy atom. The molecule has 1 N–H and O–H groups in total. The van der Waals surface area contributed by atoms with E-state index < -0.39 is 0 Å². The average molecular weight is 325 g/mol. The molecule has 0 fully saturated rings. The monoisotopic (exact) mass is 325 g/mol. The van der Waals surface area contributed by atoms with E-state index in [2.05, 4.69) is 5.32 Å². The van der Waals surface area contributed by atoms with Crippen LogP contribution in [0.15, 0.2) is 48.5 Å². The predicted octanol–water partition coefficient (Wildman–Crippen LogP) is 3.84. The fourth-order valence-electron chi connectivity index (χ4n) is 2.41. The fourth-order valence-corrected chi connectivity index (χ4v) is 2.41. The van der Waals surface area contributed by atoms with Crippen LogP contribution in [0.5, 0.6) is 5.75 Å². The highest BCUT2D eigenvalue weighted by atomic mass is 16.5. The van der Waals surface area contributed by atoms with Crippen LogP contribution < -0.4 is 10.1 Å². The standard InChI is InChI=1S/C20H23NO3/c1-4-19(16-10-8-14(2)9-11-16)21-20(23)13-24-18-7-5-6-17(12-18)15(3)22/h5-12,19H,4,13H2,1-3H3,(H,21,23). The maximum Gasteiger partial charge on any atom is 0.258 e. The van der Waals surface area contributed by atoms with Gasteiger partial charge in [0.25, 0.3) is 5.91 Å². The molecule has 0 saturated carbocycles. The van der Waals surface area contributed by atoms with Crippen LogP contribution in [-0.4, -0.2) is 18.3 Å². The normalized spacial score (nSPS) is 11.6. The van der Waals surface area contributed by atoms with E-state index in [-0.39, 0.29) is 24.3 Å². The van der Waals surface area contributed by atoms with Crippen molar-refractivity contribution in [1.29, 1.82) is 0 Å². The van der Waals surface area contributed by atoms with Gasteiger partial charge in [-0.2, -0.15) is 0 Å². The maximum atomic E-state index is 12.1. The Hall–Kier alpha value is -2.62. The van der Waals surface area contributed by atoms with Gasteiger partial charge in [0, 0.05) is 5.56 Å². The Kier molecular flexibility index (Phi) is 6.13. The number of carbonyl (C=O) groups excluding carboxylic acids is 2. The molecule has 24 heavy (non-hydrogen) atoms. The summed E-state index contributed by atoms with van der Waals surface area (Å²) < 4.78 is 5.49. The number of ketones is 1. The van der Waals surface area contributed by atoms with Gasteiger partial charge in [-0.05, 0) is 38.0 Å². The number of carbonyl (C=O) groups is 2. The average Bonchev–Trinajstić information content (AvgIpc) is 2.59. The van der Waals surface area contributed by atoms with Crippen LogP contribution in [0.4, 0.5) is 0 Å². The molecule has 4 heteroatoms. The Morgan fingerprint density at radius 3 is 2.46 bits per heavy atom. The number of hydrogen-bond acceptors (Lipinski definition) is 3. The molecule has 1 atom stereocenters. The molecule has 2 rings (SSSR count). The van der Waals surface area contributed by atoms with Crippen molar-refractivity contribution in [3.05, 3.63) is 65.2 Å². The lowest BCUT2D eigenvalue weighted by Gasteiger charge is -2.18. The Morgan fingerprint density at radius 1 is 1.12 bits per heavy atom. The molecule has 0 saturated heterocycles. The molecule has 4 nitrogen and oxygen atoms in total. The van der Waals surface area contributed by atoms with Crippen molar-refractivity contribution in [3.8, 4) is 5.75 Å². The summed E-state index contributed by atoms with van der Waals surface area (Å²) in [6, 6.07) is 14.9. The summed E-state index contributed by atoms with van der Waals surface area (Å²) >= 11 is 0. The van der Waals surface area contributed by atoms with Crippen LogP contribution >= 0.6 is 0 Å². The van der Waals surface area contributed by atoms with Crippen molar-refractivity contribution < 1.29 is 14.3 Å². The van der Waals surface area contributed by atoms with Crippen molar-refractivity contribution in [1.82, 2.24) is 5.32 Å². The summed E-state index contributed by atoms with van der Waals surface area (Å²) in [6.07, 6.45) is 0.800. The molecule has 2 aromatic carbocycles. The van der Waals surface area contributed by atoms with Crippen molar-refractivity contribution in [2.45, 2.75) is 33.2 Å². The second kappa shape index (κ2) is 8.29. The summed E-state index contributed by atoms with van der Waals surface area (Å²) in [5, 5.41) is 2.98. The van der Waals surface area contributed by atoms with E-state index in [0.717, 1.165) is 12.0 Å². The van der Waals surface area contributed by atoms with E-state index in [0.29, 0.717) is 11.3 Å². The largest absolute Gasteiger partial charge is 0.484 e. The molecule has 0 radical (unpaired) electrons. The number of amides is 1. The van der Waals surface area contributed by atoms with Crippen LogP contribution in [0.25, 0.3) is 0 Å². The third-order valence-corrected chi connectivity index (χ3v) is 3.83. The summed E-state index contributed by atoms with van der Waals surface area (Å²) in [7, 11) is 0. The molecule has 0 bridgehead atoms. The topological polar surface area (TPSA) is 55.4 Å². The lowest BCUT2D eigenvalue weighted by molar-refractivity contribution is -0.123. The van der Waals surface area contributed by atoms with Gasteiger partial charge in [0.1, 0.15) is 5.75 Å². The predicted molar refractivity (Wildman–Crippen MR) is 94.3 cm³/mol. The Bertz CT molecular complexity index is 707. The summed E-state index contributed by atoms with van der Waals surface area (Å²) in [5.74, 6) is 0.298. The Balaban J connectivity index is 1.93. The number of nitrogens with one attached hydrogen (secondary N) is 1. The number of benzene rings is 2. The second-order valence-electron chi connectivity index (χ2n) is 5.81. The van der Waals surface area contributed by atoms with Crippen molar-refractivity contribution in [3.63, 3.8) is 0 Å². The number of rotatable bonds is 7. The van der Waals surface area contributed by atoms with E-state index in [1.165, 1.54) is 12.5 Å². The lowest BCUT2D eigenvalue weighted by atomic mass is 10.0. The number of Topliss-reactive ketones (excluding diaryl/α,β-unsaturated/α-hetero) is 1.